The van der Waals surface area contributed by atoms with Crippen LogP contribution < -0.4 is 0 Å². The van der Waals surface area contributed by atoms with Gasteiger partial charge in [0.1, 0.15) is 16.7 Å². The molecule has 8 heteroatoms. The number of hydrogen-bond acceptors (Lipinski definition) is 6. The van der Waals surface area contributed by atoms with Gasteiger partial charge in [-0.2, -0.15) is 0 Å². The Kier molecular flexibility index (Phi) is 4.69. The molecule has 1 N–H and O–H groups in total. The Morgan fingerprint density at radius 3 is 2.90 bits per heavy atom. The predicted octanol–water partition coefficient (Wildman–Crippen LogP) is 0.604. The van der Waals surface area contributed by atoms with Crippen LogP contribution in [-0.2, 0) is 20.9 Å². The highest BCUT2D eigenvalue weighted by Gasteiger charge is 2.40. The Labute approximate surface area is 120 Å². The van der Waals surface area contributed by atoms with Crippen LogP contribution in [-0.4, -0.2) is 59.8 Å². The Bertz CT molecular complexity index is 504. The molecule has 1 aliphatic heterocycles. The van der Waals surface area contributed by atoms with Gasteiger partial charge in [0.05, 0.1) is 12.7 Å². The molecule has 110 valence electrons. The summed E-state index contributed by atoms with van der Waals surface area (Å²) in [6.07, 6.45) is 0.0456. The monoisotopic (exact) mass is 300 g/mol. The van der Waals surface area contributed by atoms with Crippen molar-refractivity contribution in [3.8, 4) is 0 Å². The quantitative estimate of drug-likeness (QED) is 0.856. The van der Waals surface area contributed by atoms with Crippen molar-refractivity contribution in [3.05, 3.63) is 16.1 Å². The average Bonchev–Trinajstić information content (AvgIpc) is 3.04. The van der Waals surface area contributed by atoms with Crippen LogP contribution in [0.3, 0.4) is 0 Å². The summed E-state index contributed by atoms with van der Waals surface area (Å²) >= 11 is 1.32. The van der Waals surface area contributed by atoms with Gasteiger partial charge in [-0.25, -0.2) is 9.78 Å². The van der Waals surface area contributed by atoms with E-state index in [4.69, 9.17) is 9.47 Å². The van der Waals surface area contributed by atoms with Crippen LogP contribution in [0.1, 0.15) is 21.9 Å². The van der Waals surface area contributed by atoms with Crippen LogP contribution in [0.25, 0.3) is 0 Å². The van der Waals surface area contributed by atoms with Gasteiger partial charge in [-0.1, -0.05) is 0 Å². The highest BCUT2D eigenvalue weighted by Crippen LogP contribution is 2.23. The molecule has 20 heavy (non-hydrogen) atoms. The molecule has 2 unspecified atom stereocenters. The van der Waals surface area contributed by atoms with E-state index in [0.29, 0.717) is 18.0 Å². The molecule has 0 bridgehead atoms. The number of thiazole rings is 1. The maximum absolute atomic E-state index is 12.4. The van der Waals surface area contributed by atoms with E-state index in [1.54, 1.807) is 12.5 Å². The summed E-state index contributed by atoms with van der Waals surface area (Å²) in [7, 11) is 3.06. The SMILES string of the molecule is COCc1nc(C(=O)N2CC(OC)CC2C(=O)O)cs1. The number of rotatable bonds is 5. The van der Waals surface area contributed by atoms with Crippen LogP contribution in [0.15, 0.2) is 5.38 Å². The number of carbonyl (C=O) groups excluding carboxylic acids is 1. The number of ether oxygens (including phenoxy) is 2. The smallest absolute Gasteiger partial charge is 0.326 e. The Morgan fingerprint density at radius 1 is 1.55 bits per heavy atom. The first-order chi connectivity index (χ1) is 9.56. The number of nitrogens with zero attached hydrogens (tertiary/aromatic N) is 2. The summed E-state index contributed by atoms with van der Waals surface area (Å²) in [6, 6.07) is -0.861. The van der Waals surface area contributed by atoms with Crippen molar-refractivity contribution < 1.29 is 24.2 Å². The fourth-order valence-corrected chi connectivity index (χ4v) is 2.91. The zero-order chi connectivity index (χ0) is 14.7. The lowest BCUT2D eigenvalue weighted by Crippen LogP contribution is -2.40. The molecule has 0 saturated carbocycles. The first-order valence-corrected chi connectivity index (χ1v) is 6.94. The van der Waals surface area contributed by atoms with Gasteiger partial charge in [-0.3, -0.25) is 4.79 Å². The molecule has 1 aromatic rings. The van der Waals surface area contributed by atoms with Gasteiger partial charge in [-0.05, 0) is 0 Å². The number of methoxy groups -OCH3 is 2. The van der Waals surface area contributed by atoms with Crippen LogP contribution >= 0.6 is 11.3 Å². The average molecular weight is 300 g/mol. The highest BCUT2D eigenvalue weighted by atomic mass is 32.1. The minimum absolute atomic E-state index is 0.253. The van der Waals surface area contributed by atoms with E-state index in [2.05, 4.69) is 4.98 Å². The maximum Gasteiger partial charge on any atom is 0.326 e. The molecule has 0 aliphatic carbocycles. The third-order valence-electron chi connectivity index (χ3n) is 3.18. The molecule has 7 nitrogen and oxygen atoms in total. The zero-order valence-electron chi connectivity index (χ0n) is 11.2. The van der Waals surface area contributed by atoms with Crippen molar-refractivity contribution in [1.29, 1.82) is 0 Å². The van der Waals surface area contributed by atoms with Gasteiger partial charge >= 0.3 is 5.97 Å². The summed E-state index contributed by atoms with van der Waals surface area (Å²) in [4.78, 5) is 29.0. The second-order valence-corrected chi connectivity index (χ2v) is 5.41. The zero-order valence-corrected chi connectivity index (χ0v) is 12.1. The van der Waals surface area contributed by atoms with Crippen molar-refractivity contribution >= 4 is 23.2 Å². The van der Waals surface area contributed by atoms with Crippen LogP contribution in [0.5, 0.6) is 0 Å². The third-order valence-corrected chi connectivity index (χ3v) is 4.00. The van der Waals surface area contributed by atoms with Crippen molar-refractivity contribution in [2.75, 3.05) is 20.8 Å². The number of aliphatic carboxylic acids is 1. The van der Waals surface area contributed by atoms with E-state index >= 15 is 0 Å². The molecule has 2 rings (SSSR count). The Balaban J connectivity index is 2.15. The van der Waals surface area contributed by atoms with Crippen LogP contribution in [0.2, 0.25) is 0 Å². The molecule has 1 amide bonds. The van der Waals surface area contributed by atoms with Crippen molar-refractivity contribution in [3.63, 3.8) is 0 Å². The summed E-state index contributed by atoms with van der Waals surface area (Å²) in [5.41, 5.74) is 0.255. The third kappa shape index (κ3) is 2.97. The normalized spacial score (nSPS) is 22.2. The number of carboxylic acids is 1. The van der Waals surface area contributed by atoms with E-state index in [1.807, 2.05) is 0 Å². The molecule has 1 fully saturated rings. The number of carbonyl (C=O) groups is 2. The van der Waals surface area contributed by atoms with E-state index in [-0.39, 0.29) is 24.2 Å². The fraction of sp³-hybridized carbons (Fsp3) is 0.583. The van der Waals surface area contributed by atoms with Crippen LogP contribution in [0, 0.1) is 0 Å². The second kappa shape index (κ2) is 6.29. The second-order valence-electron chi connectivity index (χ2n) is 4.46. The molecular formula is C12H16N2O5S. The lowest BCUT2D eigenvalue weighted by atomic mass is 10.2. The van der Waals surface area contributed by atoms with E-state index in [1.165, 1.54) is 23.3 Å². The standard InChI is InChI=1S/C12H16N2O5S/c1-18-5-10-13-8(6-20-10)11(15)14-4-7(19-2)3-9(14)12(16)17/h6-7,9H,3-5H2,1-2H3,(H,16,17). The molecule has 1 aliphatic rings. The minimum atomic E-state index is -1.02. The van der Waals surface area contributed by atoms with Gasteiger partial charge < -0.3 is 19.5 Å². The number of aromatic nitrogens is 1. The maximum atomic E-state index is 12.4. The Hall–Kier alpha value is -1.51. The fourth-order valence-electron chi connectivity index (χ4n) is 2.17. The topological polar surface area (TPSA) is 89.0 Å². The molecule has 0 aromatic carbocycles. The molecular weight excluding hydrogens is 284 g/mol. The van der Waals surface area contributed by atoms with Gasteiger partial charge in [-0.15, -0.1) is 11.3 Å². The molecule has 1 aromatic heterocycles. The van der Waals surface area contributed by atoms with Gasteiger partial charge in [0.25, 0.3) is 5.91 Å². The number of likely N-dealkylation sites (tertiary alicyclic amines) is 1. The predicted molar refractivity (Wildman–Crippen MR) is 70.7 cm³/mol. The summed E-state index contributed by atoms with van der Waals surface area (Å²) in [5, 5.41) is 11.5. The highest BCUT2D eigenvalue weighted by molar-refractivity contribution is 7.09. The molecule has 2 atom stereocenters. The Morgan fingerprint density at radius 2 is 2.30 bits per heavy atom. The number of hydrogen-bond donors (Lipinski definition) is 1. The van der Waals surface area contributed by atoms with E-state index in [0.717, 1.165) is 0 Å². The number of amides is 1. The van der Waals surface area contributed by atoms with Crippen LogP contribution in [0.4, 0.5) is 0 Å². The van der Waals surface area contributed by atoms with Crippen molar-refractivity contribution in [2.45, 2.75) is 25.2 Å². The van der Waals surface area contributed by atoms with Crippen molar-refractivity contribution in [1.82, 2.24) is 9.88 Å². The van der Waals surface area contributed by atoms with E-state index in [9.17, 15) is 14.7 Å². The summed E-state index contributed by atoms with van der Waals surface area (Å²) in [6.45, 7) is 0.602. The first-order valence-electron chi connectivity index (χ1n) is 6.06. The van der Waals surface area contributed by atoms with Gasteiger partial charge in [0.15, 0.2) is 0 Å². The molecule has 2 heterocycles. The van der Waals surface area contributed by atoms with Crippen molar-refractivity contribution in [2.24, 2.45) is 0 Å². The van der Waals surface area contributed by atoms with Gasteiger partial charge in [0.2, 0.25) is 0 Å². The lowest BCUT2D eigenvalue weighted by molar-refractivity contribution is -0.141. The molecule has 1 saturated heterocycles. The molecule has 0 spiro atoms. The summed E-state index contributed by atoms with van der Waals surface area (Å²) < 4.78 is 10.1. The lowest BCUT2D eigenvalue weighted by Gasteiger charge is -2.19. The van der Waals surface area contributed by atoms with Gasteiger partial charge in [0, 0.05) is 32.6 Å². The largest absolute Gasteiger partial charge is 0.480 e. The van der Waals surface area contributed by atoms with E-state index < -0.39 is 12.0 Å². The number of carboxylic acid groups (broad SMARTS) is 1. The molecule has 0 radical (unpaired) electrons. The summed E-state index contributed by atoms with van der Waals surface area (Å²) in [5.74, 6) is -1.40. The first kappa shape index (κ1) is 14.9. The minimum Gasteiger partial charge on any atom is -0.480 e.